The van der Waals surface area contributed by atoms with Gasteiger partial charge < -0.3 is 9.84 Å². The van der Waals surface area contributed by atoms with Crippen molar-refractivity contribution in [3.63, 3.8) is 0 Å². The van der Waals surface area contributed by atoms with Crippen LogP contribution in [0, 0.1) is 13.8 Å². The lowest BCUT2D eigenvalue weighted by molar-refractivity contribution is 0.126. The van der Waals surface area contributed by atoms with Crippen molar-refractivity contribution in [1.82, 2.24) is 9.97 Å². The third-order valence-electron chi connectivity index (χ3n) is 2.55. The summed E-state index contributed by atoms with van der Waals surface area (Å²) >= 11 is 1.44. The third-order valence-corrected chi connectivity index (χ3v) is 3.54. The van der Waals surface area contributed by atoms with Crippen LogP contribution in [0.15, 0.2) is 41.6 Å². The zero-order valence-electron chi connectivity index (χ0n) is 11.6. The maximum atomic E-state index is 9.91. The molecule has 106 valence electrons. The lowest BCUT2D eigenvalue weighted by Gasteiger charge is -2.11. The molecule has 5 heteroatoms. The molecule has 0 saturated carbocycles. The number of hydrogen-bond acceptors (Lipinski definition) is 5. The Kier molecular flexibility index (Phi) is 5.38. The van der Waals surface area contributed by atoms with Crippen LogP contribution in [0.1, 0.15) is 11.4 Å². The quantitative estimate of drug-likeness (QED) is 0.654. The summed E-state index contributed by atoms with van der Waals surface area (Å²) < 4.78 is 5.50. The molecule has 1 aromatic heterocycles. The number of aromatic nitrogens is 2. The number of aliphatic hydroxyl groups is 1. The predicted octanol–water partition coefficient (Wildman–Crippen LogP) is 2.63. The monoisotopic (exact) mass is 290 g/mol. The highest BCUT2D eigenvalue weighted by atomic mass is 32.2. The first-order valence-corrected chi connectivity index (χ1v) is 7.43. The topological polar surface area (TPSA) is 55.2 Å². The fourth-order valence-electron chi connectivity index (χ4n) is 1.69. The van der Waals surface area contributed by atoms with E-state index in [0.717, 1.165) is 17.1 Å². The first-order chi connectivity index (χ1) is 9.63. The van der Waals surface area contributed by atoms with E-state index in [0.29, 0.717) is 10.9 Å². The van der Waals surface area contributed by atoms with Crippen LogP contribution in [0.5, 0.6) is 5.75 Å². The Morgan fingerprint density at radius 1 is 1.15 bits per heavy atom. The average Bonchev–Trinajstić information content (AvgIpc) is 2.43. The van der Waals surface area contributed by atoms with Gasteiger partial charge in [0, 0.05) is 17.1 Å². The molecule has 0 aliphatic carbocycles. The summed E-state index contributed by atoms with van der Waals surface area (Å²) in [6, 6.07) is 11.4. The predicted molar refractivity (Wildman–Crippen MR) is 80.2 cm³/mol. The van der Waals surface area contributed by atoms with Gasteiger partial charge in [-0.2, -0.15) is 0 Å². The van der Waals surface area contributed by atoms with Gasteiger partial charge in [0.05, 0.1) is 6.10 Å². The molecule has 0 aliphatic heterocycles. The molecule has 0 aliphatic rings. The van der Waals surface area contributed by atoms with Gasteiger partial charge in [-0.1, -0.05) is 30.0 Å². The van der Waals surface area contributed by atoms with Gasteiger partial charge in [0.25, 0.3) is 0 Å². The molecule has 0 saturated heterocycles. The summed E-state index contributed by atoms with van der Waals surface area (Å²) in [6.07, 6.45) is -0.551. The van der Waals surface area contributed by atoms with Crippen LogP contribution < -0.4 is 4.74 Å². The summed E-state index contributed by atoms with van der Waals surface area (Å²) in [5.74, 6) is 1.27. The standard InChI is InChI=1S/C15H18N2O2S/c1-11-8-12(2)17-15(16-11)20-10-13(18)9-19-14-6-4-3-5-7-14/h3-8,13,18H,9-10H2,1-2H3. The minimum absolute atomic E-state index is 0.266. The Bertz CT molecular complexity index is 529. The van der Waals surface area contributed by atoms with E-state index in [2.05, 4.69) is 9.97 Å². The van der Waals surface area contributed by atoms with E-state index in [1.807, 2.05) is 50.2 Å². The first kappa shape index (κ1) is 14.8. The molecule has 1 aromatic carbocycles. The smallest absolute Gasteiger partial charge is 0.188 e. The van der Waals surface area contributed by atoms with Crippen molar-refractivity contribution in [2.24, 2.45) is 0 Å². The molecule has 1 heterocycles. The van der Waals surface area contributed by atoms with Crippen LogP contribution in [-0.4, -0.2) is 33.5 Å². The molecule has 1 atom stereocenters. The lowest BCUT2D eigenvalue weighted by Crippen LogP contribution is -2.20. The Morgan fingerprint density at radius 3 is 2.45 bits per heavy atom. The molecule has 0 spiro atoms. The van der Waals surface area contributed by atoms with E-state index in [1.165, 1.54) is 11.8 Å². The molecule has 2 rings (SSSR count). The van der Waals surface area contributed by atoms with Crippen molar-refractivity contribution in [1.29, 1.82) is 0 Å². The van der Waals surface area contributed by atoms with Crippen molar-refractivity contribution in [3.05, 3.63) is 47.8 Å². The molecule has 1 N–H and O–H groups in total. The molecule has 0 bridgehead atoms. The Morgan fingerprint density at radius 2 is 1.80 bits per heavy atom. The van der Waals surface area contributed by atoms with Crippen LogP contribution in [0.2, 0.25) is 0 Å². The molecule has 20 heavy (non-hydrogen) atoms. The van der Waals surface area contributed by atoms with E-state index in [9.17, 15) is 5.11 Å². The summed E-state index contributed by atoms with van der Waals surface area (Å²) in [6.45, 7) is 4.14. The summed E-state index contributed by atoms with van der Waals surface area (Å²) in [5, 5.41) is 10.6. The van der Waals surface area contributed by atoms with Crippen molar-refractivity contribution in [2.45, 2.75) is 25.1 Å². The lowest BCUT2D eigenvalue weighted by atomic mass is 10.3. The van der Waals surface area contributed by atoms with Crippen LogP contribution in [0.4, 0.5) is 0 Å². The molecule has 0 fully saturated rings. The van der Waals surface area contributed by atoms with Gasteiger partial charge in [-0.3, -0.25) is 0 Å². The molecular formula is C15H18N2O2S. The van der Waals surface area contributed by atoms with Crippen LogP contribution >= 0.6 is 11.8 Å². The van der Waals surface area contributed by atoms with Gasteiger partial charge in [0.2, 0.25) is 0 Å². The number of aryl methyl sites for hydroxylation is 2. The number of benzene rings is 1. The van der Waals surface area contributed by atoms with Crippen molar-refractivity contribution in [2.75, 3.05) is 12.4 Å². The maximum absolute atomic E-state index is 9.91. The fraction of sp³-hybridized carbons (Fsp3) is 0.333. The zero-order chi connectivity index (χ0) is 14.4. The average molecular weight is 290 g/mol. The Labute approximate surface area is 123 Å². The fourth-order valence-corrected chi connectivity index (χ4v) is 2.54. The number of ether oxygens (including phenoxy) is 1. The highest BCUT2D eigenvalue weighted by Gasteiger charge is 2.08. The number of thioether (sulfide) groups is 1. The van der Waals surface area contributed by atoms with E-state index in [4.69, 9.17) is 4.74 Å². The van der Waals surface area contributed by atoms with Gasteiger partial charge in [-0.15, -0.1) is 0 Å². The van der Waals surface area contributed by atoms with E-state index < -0.39 is 6.10 Å². The Balaban J connectivity index is 1.78. The SMILES string of the molecule is Cc1cc(C)nc(SCC(O)COc2ccccc2)n1. The number of rotatable bonds is 6. The van der Waals surface area contributed by atoms with Crippen molar-refractivity contribution < 1.29 is 9.84 Å². The van der Waals surface area contributed by atoms with Crippen molar-refractivity contribution >= 4 is 11.8 Å². The molecular weight excluding hydrogens is 272 g/mol. The maximum Gasteiger partial charge on any atom is 0.188 e. The number of hydrogen-bond donors (Lipinski definition) is 1. The molecule has 2 aromatic rings. The van der Waals surface area contributed by atoms with Gasteiger partial charge in [0.1, 0.15) is 12.4 Å². The van der Waals surface area contributed by atoms with Crippen LogP contribution in [-0.2, 0) is 0 Å². The second kappa shape index (κ2) is 7.26. The van der Waals surface area contributed by atoms with Crippen LogP contribution in [0.25, 0.3) is 0 Å². The third kappa shape index (κ3) is 4.83. The van der Waals surface area contributed by atoms with Gasteiger partial charge in [-0.05, 0) is 32.0 Å². The summed E-state index contributed by atoms with van der Waals surface area (Å²) in [5.41, 5.74) is 1.88. The van der Waals surface area contributed by atoms with Crippen LogP contribution in [0.3, 0.4) is 0 Å². The van der Waals surface area contributed by atoms with Gasteiger partial charge in [0.15, 0.2) is 5.16 Å². The van der Waals surface area contributed by atoms with Gasteiger partial charge in [-0.25, -0.2) is 9.97 Å². The number of nitrogens with zero attached hydrogens (tertiary/aromatic N) is 2. The highest BCUT2D eigenvalue weighted by molar-refractivity contribution is 7.99. The highest BCUT2D eigenvalue weighted by Crippen LogP contribution is 2.16. The summed E-state index contributed by atoms with van der Waals surface area (Å²) in [7, 11) is 0. The molecule has 0 amide bonds. The van der Waals surface area contributed by atoms with Crippen molar-refractivity contribution in [3.8, 4) is 5.75 Å². The minimum atomic E-state index is -0.551. The minimum Gasteiger partial charge on any atom is -0.491 e. The number of aliphatic hydroxyl groups excluding tert-OH is 1. The van der Waals surface area contributed by atoms with Gasteiger partial charge >= 0.3 is 0 Å². The van der Waals surface area contributed by atoms with E-state index in [1.54, 1.807) is 0 Å². The number of para-hydroxylation sites is 1. The largest absolute Gasteiger partial charge is 0.491 e. The second-order valence-electron chi connectivity index (χ2n) is 4.52. The second-order valence-corrected chi connectivity index (χ2v) is 5.51. The van der Waals surface area contributed by atoms with E-state index in [-0.39, 0.29) is 6.61 Å². The molecule has 1 unspecified atom stereocenters. The molecule has 4 nitrogen and oxygen atoms in total. The normalized spacial score (nSPS) is 12.2. The zero-order valence-corrected chi connectivity index (χ0v) is 12.4. The first-order valence-electron chi connectivity index (χ1n) is 6.44. The Hall–Kier alpha value is -1.59. The van der Waals surface area contributed by atoms with E-state index >= 15 is 0 Å². The molecule has 0 radical (unpaired) electrons. The summed E-state index contributed by atoms with van der Waals surface area (Å²) in [4.78, 5) is 8.65.